The Kier molecular flexibility index (Phi) is 4.23. The van der Waals surface area contributed by atoms with E-state index in [2.05, 4.69) is 20.5 Å². The van der Waals surface area contributed by atoms with Crippen molar-refractivity contribution in [2.24, 2.45) is 0 Å². The Bertz CT molecular complexity index is 734. The van der Waals surface area contributed by atoms with Crippen molar-refractivity contribution in [2.75, 3.05) is 12.3 Å². The first-order valence-corrected chi connectivity index (χ1v) is 8.65. The zero-order valence-corrected chi connectivity index (χ0v) is 13.2. The Balaban J connectivity index is 1.56. The first kappa shape index (κ1) is 14.1. The number of thiophene rings is 1. The first-order chi connectivity index (χ1) is 10.2. The van der Waals surface area contributed by atoms with Crippen LogP contribution in [0.2, 0.25) is 0 Å². The molecule has 0 saturated carbocycles. The fourth-order valence-electron chi connectivity index (χ4n) is 1.63. The van der Waals surface area contributed by atoms with Gasteiger partial charge in [-0.25, -0.2) is 4.98 Å². The third-order valence-electron chi connectivity index (χ3n) is 2.58. The van der Waals surface area contributed by atoms with Gasteiger partial charge in [-0.15, -0.1) is 32.9 Å². The van der Waals surface area contributed by atoms with Gasteiger partial charge in [0.05, 0.1) is 4.88 Å². The fraction of sp³-hybridized carbons (Fsp3) is 0.167. The van der Waals surface area contributed by atoms with Crippen LogP contribution in [0.3, 0.4) is 0 Å². The standard InChI is InChI=1S/C12H11N5OS3/c13-12-17-16-9(21-12)3-4-14-10(18)7-6-20-11(15-7)8-2-1-5-19-8/h1-2,5-6H,3-4H2,(H2,13,17)(H,14,18). The van der Waals surface area contributed by atoms with Crippen LogP contribution in [-0.2, 0) is 6.42 Å². The molecule has 0 atom stereocenters. The average molecular weight is 337 g/mol. The number of carbonyl (C=O) groups excluding carboxylic acids is 1. The second kappa shape index (κ2) is 6.29. The molecular formula is C12H11N5OS3. The van der Waals surface area contributed by atoms with Crippen molar-refractivity contribution in [1.29, 1.82) is 0 Å². The number of amides is 1. The molecule has 0 aliphatic carbocycles. The van der Waals surface area contributed by atoms with Gasteiger partial charge in [-0.3, -0.25) is 4.79 Å². The van der Waals surface area contributed by atoms with Crippen LogP contribution < -0.4 is 11.1 Å². The summed E-state index contributed by atoms with van der Waals surface area (Å²) < 4.78 is 0. The van der Waals surface area contributed by atoms with Crippen LogP contribution in [0.4, 0.5) is 5.13 Å². The Morgan fingerprint density at radius 3 is 2.95 bits per heavy atom. The normalized spacial score (nSPS) is 10.7. The van der Waals surface area contributed by atoms with E-state index in [-0.39, 0.29) is 5.91 Å². The number of rotatable bonds is 5. The lowest BCUT2D eigenvalue weighted by Crippen LogP contribution is -2.25. The molecule has 3 heterocycles. The van der Waals surface area contributed by atoms with E-state index in [9.17, 15) is 4.79 Å². The topological polar surface area (TPSA) is 93.8 Å². The molecule has 0 bridgehead atoms. The zero-order valence-electron chi connectivity index (χ0n) is 10.8. The van der Waals surface area contributed by atoms with E-state index in [1.807, 2.05) is 17.5 Å². The molecule has 0 radical (unpaired) electrons. The molecule has 3 N–H and O–H groups in total. The smallest absolute Gasteiger partial charge is 0.270 e. The van der Waals surface area contributed by atoms with Gasteiger partial charge < -0.3 is 11.1 Å². The van der Waals surface area contributed by atoms with Gasteiger partial charge in [-0.2, -0.15) is 0 Å². The SMILES string of the molecule is Nc1nnc(CCNC(=O)c2csc(-c3cccs3)n2)s1. The molecule has 0 saturated heterocycles. The molecule has 0 unspecified atom stereocenters. The third-order valence-corrected chi connectivity index (χ3v) is 5.27. The van der Waals surface area contributed by atoms with E-state index in [4.69, 9.17) is 5.73 Å². The number of nitrogen functional groups attached to an aromatic ring is 1. The van der Waals surface area contributed by atoms with Gasteiger partial charge >= 0.3 is 0 Å². The lowest BCUT2D eigenvalue weighted by atomic mass is 10.4. The Morgan fingerprint density at radius 2 is 2.24 bits per heavy atom. The summed E-state index contributed by atoms with van der Waals surface area (Å²) in [6, 6.07) is 3.96. The second-order valence-electron chi connectivity index (χ2n) is 4.06. The van der Waals surface area contributed by atoms with Gasteiger partial charge in [0.15, 0.2) is 0 Å². The highest BCUT2D eigenvalue weighted by Crippen LogP contribution is 2.27. The van der Waals surface area contributed by atoms with Crippen LogP contribution in [0.15, 0.2) is 22.9 Å². The summed E-state index contributed by atoms with van der Waals surface area (Å²) in [6.07, 6.45) is 0.614. The summed E-state index contributed by atoms with van der Waals surface area (Å²) in [5.41, 5.74) is 5.94. The van der Waals surface area contributed by atoms with E-state index >= 15 is 0 Å². The Morgan fingerprint density at radius 1 is 1.33 bits per heavy atom. The number of nitrogens with one attached hydrogen (secondary N) is 1. The molecule has 1 amide bonds. The van der Waals surface area contributed by atoms with Gasteiger partial charge in [-0.1, -0.05) is 17.4 Å². The van der Waals surface area contributed by atoms with Crippen molar-refractivity contribution in [3.05, 3.63) is 33.6 Å². The van der Waals surface area contributed by atoms with Crippen LogP contribution >= 0.6 is 34.0 Å². The maximum absolute atomic E-state index is 12.0. The van der Waals surface area contributed by atoms with E-state index in [0.29, 0.717) is 23.8 Å². The molecule has 0 fully saturated rings. The van der Waals surface area contributed by atoms with Gasteiger partial charge in [0.25, 0.3) is 5.91 Å². The summed E-state index contributed by atoms with van der Waals surface area (Å²) in [5.74, 6) is -0.174. The molecule has 3 aromatic heterocycles. The highest BCUT2D eigenvalue weighted by Gasteiger charge is 2.12. The van der Waals surface area contributed by atoms with Crippen molar-refractivity contribution in [1.82, 2.24) is 20.5 Å². The number of hydrogen-bond donors (Lipinski definition) is 2. The van der Waals surface area contributed by atoms with Crippen LogP contribution in [0.1, 0.15) is 15.5 Å². The molecule has 0 aliphatic heterocycles. The van der Waals surface area contributed by atoms with E-state index in [0.717, 1.165) is 14.9 Å². The molecule has 108 valence electrons. The van der Waals surface area contributed by atoms with Crippen molar-refractivity contribution in [3.63, 3.8) is 0 Å². The summed E-state index contributed by atoms with van der Waals surface area (Å²) in [7, 11) is 0. The highest BCUT2D eigenvalue weighted by molar-refractivity contribution is 7.20. The summed E-state index contributed by atoms with van der Waals surface area (Å²) in [6.45, 7) is 0.485. The van der Waals surface area contributed by atoms with Gasteiger partial charge in [0.1, 0.15) is 15.7 Å². The van der Waals surface area contributed by atoms with Crippen molar-refractivity contribution in [3.8, 4) is 9.88 Å². The van der Waals surface area contributed by atoms with Crippen LogP contribution in [0.5, 0.6) is 0 Å². The molecule has 21 heavy (non-hydrogen) atoms. The monoisotopic (exact) mass is 337 g/mol. The molecule has 3 rings (SSSR count). The maximum atomic E-state index is 12.0. The molecule has 3 aromatic rings. The Labute approximate surface area is 132 Å². The second-order valence-corrected chi connectivity index (χ2v) is 6.95. The number of thiazole rings is 1. The van der Waals surface area contributed by atoms with E-state index in [1.54, 1.807) is 16.7 Å². The third kappa shape index (κ3) is 3.43. The van der Waals surface area contributed by atoms with Crippen LogP contribution in [-0.4, -0.2) is 27.6 Å². The lowest BCUT2D eigenvalue weighted by Gasteiger charge is -2.00. The number of hydrogen-bond acceptors (Lipinski definition) is 8. The lowest BCUT2D eigenvalue weighted by molar-refractivity contribution is 0.0950. The number of nitrogens with two attached hydrogens (primary N) is 1. The first-order valence-electron chi connectivity index (χ1n) is 6.08. The molecule has 0 aliphatic rings. The Hall–Kier alpha value is -1.84. The number of aromatic nitrogens is 3. The number of carbonyl (C=O) groups is 1. The molecule has 0 spiro atoms. The predicted octanol–water partition coefficient (Wildman–Crippen LogP) is 2.28. The number of nitrogens with zero attached hydrogens (tertiary/aromatic N) is 3. The molecule has 6 nitrogen and oxygen atoms in total. The van der Waals surface area contributed by atoms with Crippen molar-refractivity contribution >= 4 is 45.0 Å². The van der Waals surface area contributed by atoms with Gasteiger partial charge in [0, 0.05) is 18.3 Å². The average Bonchev–Trinajstić information content (AvgIpc) is 3.19. The van der Waals surface area contributed by atoms with Crippen LogP contribution in [0, 0.1) is 0 Å². The maximum Gasteiger partial charge on any atom is 0.270 e. The summed E-state index contributed by atoms with van der Waals surface area (Å²) >= 11 is 4.41. The minimum atomic E-state index is -0.174. The predicted molar refractivity (Wildman–Crippen MR) is 85.8 cm³/mol. The zero-order chi connectivity index (χ0) is 14.7. The summed E-state index contributed by atoms with van der Waals surface area (Å²) in [5, 5.41) is 16.3. The van der Waals surface area contributed by atoms with Crippen LogP contribution in [0.25, 0.3) is 9.88 Å². The van der Waals surface area contributed by atoms with E-state index < -0.39 is 0 Å². The van der Waals surface area contributed by atoms with Crippen molar-refractivity contribution in [2.45, 2.75) is 6.42 Å². The fourth-order valence-corrected chi connectivity index (χ4v) is 3.86. The molecule has 9 heteroatoms. The van der Waals surface area contributed by atoms with Gasteiger partial charge in [0.2, 0.25) is 5.13 Å². The van der Waals surface area contributed by atoms with E-state index in [1.165, 1.54) is 22.7 Å². The minimum absolute atomic E-state index is 0.174. The van der Waals surface area contributed by atoms with Gasteiger partial charge in [-0.05, 0) is 11.4 Å². The van der Waals surface area contributed by atoms with Crippen molar-refractivity contribution < 1.29 is 4.79 Å². The highest BCUT2D eigenvalue weighted by atomic mass is 32.1. The number of anilines is 1. The largest absolute Gasteiger partial charge is 0.374 e. The molecule has 0 aromatic carbocycles. The molecular weight excluding hydrogens is 326 g/mol. The summed E-state index contributed by atoms with van der Waals surface area (Å²) in [4.78, 5) is 17.4. The quantitative estimate of drug-likeness (QED) is 0.745. The minimum Gasteiger partial charge on any atom is -0.374 e.